The Morgan fingerprint density at radius 1 is 1.44 bits per heavy atom. The largest absolute Gasteiger partial charge is 0.359 e. The molecule has 16 heavy (non-hydrogen) atoms. The molecule has 0 atom stereocenters. The van der Waals surface area contributed by atoms with Gasteiger partial charge in [0.1, 0.15) is 0 Å². The third-order valence-electron chi connectivity index (χ3n) is 2.54. The molecule has 0 spiro atoms. The van der Waals surface area contributed by atoms with Gasteiger partial charge < -0.3 is 15.1 Å². The Morgan fingerprint density at radius 2 is 2.06 bits per heavy atom. The third kappa shape index (κ3) is 3.34. The highest BCUT2D eigenvalue weighted by Crippen LogP contribution is 2.15. The third-order valence-corrected chi connectivity index (χ3v) is 2.54. The van der Waals surface area contributed by atoms with Crippen LogP contribution in [0.25, 0.3) is 0 Å². The van der Waals surface area contributed by atoms with Gasteiger partial charge in [0.25, 0.3) is 0 Å². The van der Waals surface area contributed by atoms with E-state index >= 15 is 0 Å². The van der Waals surface area contributed by atoms with Gasteiger partial charge in [0, 0.05) is 32.8 Å². The minimum atomic E-state index is -0.0313. The van der Waals surface area contributed by atoms with Crippen molar-refractivity contribution in [3.05, 3.63) is 12.2 Å². The van der Waals surface area contributed by atoms with Crippen LogP contribution in [-0.4, -0.2) is 62.4 Å². The van der Waals surface area contributed by atoms with Gasteiger partial charge in [-0.15, -0.1) is 0 Å². The molecule has 1 heterocycles. The summed E-state index contributed by atoms with van der Waals surface area (Å²) in [5, 5.41) is 2.58. The quantitative estimate of drug-likeness (QED) is 0.644. The molecule has 1 saturated heterocycles. The topological polar surface area (TPSA) is 52.7 Å². The first-order chi connectivity index (χ1) is 7.54. The van der Waals surface area contributed by atoms with Crippen LogP contribution in [0.4, 0.5) is 0 Å². The van der Waals surface area contributed by atoms with Gasteiger partial charge in [-0.2, -0.15) is 0 Å². The second kappa shape index (κ2) is 5.65. The van der Waals surface area contributed by atoms with Crippen LogP contribution in [0.3, 0.4) is 0 Å². The lowest BCUT2D eigenvalue weighted by atomic mass is 9.99. The standard InChI is InChI=1S/C11H19N3O2/c1-12-11(16)9-7-14(8-9)10(15)5-4-6-13(2)3/h4-5,9H,6-8H2,1-3H3,(H,12,16). The summed E-state index contributed by atoms with van der Waals surface area (Å²) in [6, 6.07) is 0. The van der Waals surface area contributed by atoms with Crippen molar-refractivity contribution in [1.29, 1.82) is 0 Å². The molecule has 5 heteroatoms. The first kappa shape index (κ1) is 12.7. The van der Waals surface area contributed by atoms with E-state index in [-0.39, 0.29) is 17.7 Å². The minimum absolute atomic E-state index is 0.0120. The van der Waals surface area contributed by atoms with Crippen LogP contribution in [0, 0.1) is 5.92 Å². The van der Waals surface area contributed by atoms with Crippen molar-refractivity contribution in [3.8, 4) is 0 Å². The van der Waals surface area contributed by atoms with E-state index in [9.17, 15) is 9.59 Å². The number of likely N-dealkylation sites (tertiary alicyclic amines) is 1. The van der Waals surface area contributed by atoms with Gasteiger partial charge in [0.05, 0.1) is 5.92 Å². The normalized spacial score (nSPS) is 16.6. The van der Waals surface area contributed by atoms with Crippen LogP contribution < -0.4 is 5.32 Å². The van der Waals surface area contributed by atoms with E-state index in [0.717, 1.165) is 6.54 Å². The van der Waals surface area contributed by atoms with Crippen LogP contribution in [0.2, 0.25) is 0 Å². The van der Waals surface area contributed by atoms with Crippen molar-refractivity contribution in [2.75, 3.05) is 40.8 Å². The highest BCUT2D eigenvalue weighted by molar-refractivity contribution is 5.90. The fourth-order valence-electron chi connectivity index (χ4n) is 1.50. The number of nitrogens with zero attached hydrogens (tertiary/aromatic N) is 2. The molecule has 1 fully saturated rings. The zero-order valence-electron chi connectivity index (χ0n) is 10.1. The highest BCUT2D eigenvalue weighted by Gasteiger charge is 2.33. The second-order valence-electron chi connectivity index (χ2n) is 4.22. The molecule has 2 amide bonds. The van der Waals surface area contributed by atoms with Crippen LogP contribution in [0.1, 0.15) is 0 Å². The maximum Gasteiger partial charge on any atom is 0.246 e. The zero-order chi connectivity index (χ0) is 12.1. The molecule has 1 aliphatic rings. The molecular weight excluding hydrogens is 206 g/mol. The van der Waals surface area contributed by atoms with E-state index in [1.807, 2.05) is 25.1 Å². The molecule has 1 aliphatic heterocycles. The number of likely N-dealkylation sites (N-methyl/N-ethyl adjacent to an activating group) is 1. The van der Waals surface area contributed by atoms with E-state index in [1.54, 1.807) is 18.0 Å². The predicted octanol–water partition coefficient (Wildman–Crippen LogP) is -0.691. The van der Waals surface area contributed by atoms with Crippen molar-refractivity contribution < 1.29 is 9.59 Å². The van der Waals surface area contributed by atoms with Gasteiger partial charge in [-0.05, 0) is 14.1 Å². The summed E-state index contributed by atoms with van der Waals surface area (Å²) in [6.07, 6.45) is 3.40. The summed E-state index contributed by atoms with van der Waals surface area (Å²) < 4.78 is 0. The van der Waals surface area contributed by atoms with E-state index in [4.69, 9.17) is 0 Å². The maximum atomic E-state index is 11.6. The van der Waals surface area contributed by atoms with E-state index in [0.29, 0.717) is 13.1 Å². The smallest absolute Gasteiger partial charge is 0.246 e. The average molecular weight is 225 g/mol. The molecule has 0 aromatic carbocycles. The Balaban J connectivity index is 2.27. The zero-order valence-corrected chi connectivity index (χ0v) is 10.1. The van der Waals surface area contributed by atoms with Gasteiger partial charge in [0.2, 0.25) is 11.8 Å². The molecule has 5 nitrogen and oxygen atoms in total. The summed E-state index contributed by atoms with van der Waals surface area (Å²) >= 11 is 0. The fraction of sp³-hybridized carbons (Fsp3) is 0.636. The monoisotopic (exact) mass is 225 g/mol. The van der Waals surface area contributed by atoms with E-state index in [1.165, 1.54) is 0 Å². The Hall–Kier alpha value is -1.36. The van der Waals surface area contributed by atoms with Crippen molar-refractivity contribution in [3.63, 3.8) is 0 Å². The van der Waals surface area contributed by atoms with Crippen LogP contribution >= 0.6 is 0 Å². The number of rotatable bonds is 4. The minimum Gasteiger partial charge on any atom is -0.359 e. The summed E-state index contributed by atoms with van der Waals surface area (Å²) in [7, 11) is 5.50. The molecule has 0 aromatic heterocycles. The molecule has 90 valence electrons. The lowest BCUT2D eigenvalue weighted by Crippen LogP contribution is -2.54. The lowest BCUT2D eigenvalue weighted by molar-refractivity contribution is -0.139. The van der Waals surface area contributed by atoms with Gasteiger partial charge >= 0.3 is 0 Å². The van der Waals surface area contributed by atoms with Crippen molar-refractivity contribution >= 4 is 11.8 Å². The van der Waals surface area contributed by atoms with Crippen molar-refractivity contribution in [1.82, 2.24) is 15.1 Å². The number of nitrogens with one attached hydrogen (secondary N) is 1. The Kier molecular flexibility index (Phi) is 4.49. The number of hydrogen-bond donors (Lipinski definition) is 1. The van der Waals surface area contributed by atoms with Gasteiger partial charge in [-0.1, -0.05) is 6.08 Å². The molecular formula is C11H19N3O2. The summed E-state index contributed by atoms with van der Waals surface area (Å²) in [5.41, 5.74) is 0. The molecule has 1 rings (SSSR count). The molecule has 0 unspecified atom stereocenters. The lowest BCUT2D eigenvalue weighted by Gasteiger charge is -2.37. The number of carbonyl (C=O) groups excluding carboxylic acids is 2. The number of amides is 2. The average Bonchev–Trinajstić information content (AvgIpc) is 2.14. The molecule has 0 bridgehead atoms. The summed E-state index contributed by atoms with van der Waals surface area (Å²) in [6.45, 7) is 1.81. The Bertz CT molecular complexity index is 294. The SMILES string of the molecule is CNC(=O)C1CN(C(=O)C=CCN(C)C)C1. The van der Waals surface area contributed by atoms with Crippen LogP contribution in [-0.2, 0) is 9.59 Å². The van der Waals surface area contributed by atoms with Gasteiger partial charge in [-0.3, -0.25) is 9.59 Å². The first-order valence-corrected chi connectivity index (χ1v) is 5.36. The summed E-state index contributed by atoms with van der Waals surface area (Å²) in [5.74, 6) is -0.0282. The molecule has 0 aromatic rings. The maximum absolute atomic E-state index is 11.6. The number of hydrogen-bond acceptors (Lipinski definition) is 3. The van der Waals surface area contributed by atoms with Gasteiger partial charge in [-0.25, -0.2) is 0 Å². The highest BCUT2D eigenvalue weighted by atomic mass is 16.2. The summed E-state index contributed by atoms with van der Waals surface area (Å²) in [4.78, 5) is 26.4. The second-order valence-corrected chi connectivity index (χ2v) is 4.22. The first-order valence-electron chi connectivity index (χ1n) is 5.36. The number of carbonyl (C=O) groups is 2. The molecule has 0 radical (unpaired) electrons. The van der Waals surface area contributed by atoms with E-state index in [2.05, 4.69) is 5.32 Å². The molecule has 0 aliphatic carbocycles. The predicted molar refractivity (Wildman–Crippen MR) is 61.8 cm³/mol. The van der Waals surface area contributed by atoms with Crippen molar-refractivity contribution in [2.24, 2.45) is 5.92 Å². The molecule has 0 saturated carbocycles. The Labute approximate surface area is 96.1 Å². The molecule has 1 N–H and O–H groups in total. The fourth-order valence-corrected chi connectivity index (χ4v) is 1.50. The Morgan fingerprint density at radius 3 is 2.56 bits per heavy atom. The van der Waals surface area contributed by atoms with E-state index < -0.39 is 0 Å². The van der Waals surface area contributed by atoms with Crippen LogP contribution in [0.5, 0.6) is 0 Å². The van der Waals surface area contributed by atoms with Crippen LogP contribution in [0.15, 0.2) is 12.2 Å². The van der Waals surface area contributed by atoms with Crippen molar-refractivity contribution in [2.45, 2.75) is 0 Å². The van der Waals surface area contributed by atoms with Gasteiger partial charge in [0.15, 0.2) is 0 Å².